The fourth-order valence-electron chi connectivity index (χ4n) is 3.50. The van der Waals surface area contributed by atoms with Crippen LogP contribution in [0.1, 0.15) is 10.6 Å². The third-order valence-corrected chi connectivity index (χ3v) is 13.8. The van der Waals surface area contributed by atoms with Gasteiger partial charge in [0.15, 0.2) is 0 Å². The van der Waals surface area contributed by atoms with Gasteiger partial charge >= 0.3 is 162 Å². The molecule has 0 saturated heterocycles. The van der Waals surface area contributed by atoms with E-state index in [9.17, 15) is 4.79 Å². The summed E-state index contributed by atoms with van der Waals surface area (Å²) in [4.78, 5) is 13.2. The molecule has 0 bridgehead atoms. The van der Waals surface area contributed by atoms with E-state index in [0.717, 1.165) is 0 Å². The molecular formula is C24H20AsBrO2. The summed E-state index contributed by atoms with van der Waals surface area (Å²) in [5.74, 6) is 0.493. The van der Waals surface area contributed by atoms with E-state index in [2.05, 4.69) is 72.8 Å². The summed E-state index contributed by atoms with van der Waals surface area (Å²) in [5.41, 5.74) is 0. The van der Waals surface area contributed by atoms with Crippen molar-refractivity contribution < 1.29 is 26.2 Å². The minimum absolute atomic E-state index is 0. The molecule has 140 valence electrons. The Kier molecular flexibility index (Phi) is 6.72. The van der Waals surface area contributed by atoms with E-state index in [4.69, 9.17) is 4.42 Å². The Balaban J connectivity index is 0.00000225. The normalized spacial score (nSPS) is 10.9. The van der Waals surface area contributed by atoms with Gasteiger partial charge in [-0.1, -0.05) is 0 Å². The Morgan fingerprint density at radius 2 is 1.07 bits per heavy atom. The Bertz CT molecular complexity index is 904. The number of furan rings is 1. The van der Waals surface area contributed by atoms with Crippen molar-refractivity contribution in [3.05, 3.63) is 115 Å². The van der Waals surface area contributed by atoms with Gasteiger partial charge in [-0.2, -0.15) is 0 Å². The Morgan fingerprint density at radius 3 is 1.43 bits per heavy atom. The zero-order chi connectivity index (χ0) is 18.5. The van der Waals surface area contributed by atoms with Gasteiger partial charge in [-0.3, -0.25) is 0 Å². The maximum Gasteiger partial charge on any atom is -1.00 e. The van der Waals surface area contributed by atoms with Crippen molar-refractivity contribution in [1.29, 1.82) is 0 Å². The maximum absolute atomic E-state index is 13.2. The van der Waals surface area contributed by atoms with Crippen LogP contribution >= 0.6 is 0 Å². The third-order valence-electron chi connectivity index (χ3n) is 4.77. The van der Waals surface area contributed by atoms with Crippen LogP contribution in [0.15, 0.2) is 114 Å². The van der Waals surface area contributed by atoms with Crippen LogP contribution in [0.4, 0.5) is 0 Å². The van der Waals surface area contributed by atoms with Crippen LogP contribution in [0.25, 0.3) is 0 Å². The van der Waals surface area contributed by atoms with Crippen LogP contribution in [0, 0.1) is 0 Å². The smallest absolute Gasteiger partial charge is 1.00 e. The first-order valence-corrected chi connectivity index (χ1v) is 13.1. The summed E-state index contributed by atoms with van der Waals surface area (Å²) in [6, 6.07) is 35.0. The van der Waals surface area contributed by atoms with E-state index in [1.54, 1.807) is 18.4 Å². The molecule has 0 aliphatic heterocycles. The van der Waals surface area contributed by atoms with Gasteiger partial charge in [-0.05, 0) is 0 Å². The third kappa shape index (κ3) is 3.92. The van der Waals surface area contributed by atoms with Crippen molar-refractivity contribution in [3.8, 4) is 0 Å². The second-order valence-corrected chi connectivity index (χ2v) is 13.7. The number of Topliss-reactive ketones (excluding diaryl/α,β-unsaturated/α-hetero) is 1. The summed E-state index contributed by atoms with van der Waals surface area (Å²) in [7, 11) is 0. The van der Waals surface area contributed by atoms with E-state index >= 15 is 0 Å². The van der Waals surface area contributed by atoms with Gasteiger partial charge in [0.2, 0.25) is 0 Å². The molecule has 0 fully saturated rings. The molecule has 0 spiro atoms. The number of hydrogen-bond donors (Lipinski definition) is 0. The molecule has 3 aromatic carbocycles. The van der Waals surface area contributed by atoms with E-state index in [-0.39, 0.29) is 22.8 Å². The number of carbonyl (C=O) groups is 1. The number of halogens is 1. The molecule has 1 aromatic heterocycles. The summed E-state index contributed by atoms with van der Waals surface area (Å²) in [6.07, 6.45) is 1.56. The van der Waals surface area contributed by atoms with Crippen molar-refractivity contribution in [3.63, 3.8) is 0 Å². The van der Waals surface area contributed by atoms with Crippen LogP contribution in [0.5, 0.6) is 0 Å². The van der Waals surface area contributed by atoms with Gasteiger partial charge in [0.25, 0.3) is 0 Å². The van der Waals surface area contributed by atoms with Gasteiger partial charge in [0, 0.05) is 0 Å². The minimum Gasteiger partial charge on any atom is -1.00 e. The number of rotatable bonds is 6. The largest absolute Gasteiger partial charge is 1.00 e. The molecule has 0 amide bonds. The predicted molar refractivity (Wildman–Crippen MR) is 112 cm³/mol. The summed E-state index contributed by atoms with van der Waals surface area (Å²) in [6.45, 7) is 0. The zero-order valence-corrected chi connectivity index (χ0v) is 18.7. The molecular weight excluding hydrogens is 475 g/mol. The molecule has 0 N–H and O–H groups in total. The van der Waals surface area contributed by atoms with Crippen LogP contribution in [0.2, 0.25) is 5.21 Å². The van der Waals surface area contributed by atoms with Crippen molar-refractivity contribution in [1.82, 2.24) is 0 Å². The fourth-order valence-corrected chi connectivity index (χ4v) is 12.0. The molecule has 28 heavy (non-hydrogen) atoms. The van der Waals surface area contributed by atoms with Crippen molar-refractivity contribution in [2.45, 2.75) is 5.21 Å². The predicted octanol–water partition coefficient (Wildman–Crippen LogP) is 0.637. The average Bonchev–Trinajstić information content (AvgIpc) is 3.29. The van der Waals surface area contributed by atoms with Gasteiger partial charge in [0.1, 0.15) is 0 Å². The van der Waals surface area contributed by atoms with Crippen LogP contribution in [-0.4, -0.2) is 19.3 Å². The zero-order valence-electron chi connectivity index (χ0n) is 15.2. The van der Waals surface area contributed by atoms with Gasteiger partial charge in [0.05, 0.1) is 0 Å². The number of carbonyl (C=O) groups excluding carboxylic acids is 1. The van der Waals surface area contributed by atoms with E-state index in [0.29, 0.717) is 11.0 Å². The van der Waals surface area contributed by atoms with E-state index in [1.807, 2.05) is 18.2 Å². The van der Waals surface area contributed by atoms with Crippen molar-refractivity contribution >= 4 is 32.4 Å². The molecule has 0 atom stereocenters. The first-order valence-electron chi connectivity index (χ1n) is 8.92. The number of hydrogen-bond acceptors (Lipinski definition) is 2. The topological polar surface area (TPSA) is 30.2 Å². The second kappa shape index (κ2) is 9.23. The average molecular weight is 495 g/mol. The van der Waals surface area contributed by atoms with Crippen LogP contribution < -0.4 is 30.0 Å². The van der Waals surface area contributed by atoms with Gasteiger partial charge in [-0.15, -0.1) is 0 Å². The molecule has 4 heteroatoms. The fraction of sp³-hybridized carbons (Fsp3) is 0.0417. The SMILES string of the molecule is O=C(C[As+](c1ccccc1)(c1ccccc1)c1ccccc1)c1ccco1.[Br-]. The van der Waals surface area contributed by atoms with E-state index in [1.165, 1.54) is 13.1 Å². The Labute approximate surface area is 178 Å². The molecule has 2 nitrogen and oxygen atoms in total. The monoisotopic (exact) mass is 494 g/mol. The van der Waals surface area contributed by atoms with Crippen molar-refractivity contribution in [2.24, 2.45) is 0 Å². The minimum atomic E-state index is -3.02. The van der Waals surface area contributed by atoms with Gasteiger partial charge in [-0.25, -0.2) is 0 Å². The quantitative estimate of drug-likeness (QED) is 0.291. The van der Waals surface area contributed by atoms with Crippen LogP contribution in [0.3, 0.4) is 0 Å². The first kappa shape index (κ1) is 20.4. The number of ketones is 1. The Hall–Kier alpha value is -2.35. The first-order chi connectivity index (χ1) is 13.3. The Morgan fingerprint density at radius 1 is 0.643 bits per heavy atom. The van der Waals surface area contributed by atoms with E-state index < -0.39 is 13.6 Å². The molecule has 0 radical (unpaired) electrons. The molecule has 0 saturated carbocycles. The molecule has 4 aromatic rings. The van der Waals surface area contributed by atoms with Crippen molar-refractivity contribution in [2.75, 3.05) is 0 Å². The summed E-state index contributed by atoms with van der Waals surface area (Å²) >= 11 is -3.02. The second-order valence-electron chi connectivity index (χ2n) is 6.37. The molecule has 0 aliphatic carbocycles. The maximum atomic E-state index is 13.2. The molecule has 4 rings (SSSR count). The molecule has 1 heterocycles. The summed E-state index contributed by atoms with van der Waals surface area (Å²) < 4.78 is 9.20. The standard InChI is InChI=1S/C24H20AsO2.BrH/c26-23(24-17-10-18-27-24)19-25(20-11-4-1-5-12-20,21-13-6-2-7-14-21)22-15-8-3-9-16-22;/h1-18H,19H2;1H/q+1;/p-1. The van der Waals surface area contributed by atoms with Gasteiger partial charge < -0.3 is 17.0 Å². The molecule has 0 aliphatic rings. The number of benzene rings is 3. The molecule has 0 unspecified atom stereocenters. The van der Waals surface area contributed by atoms with Crippen LogP contribution in [-0.2, 0) is 0 Å². The summed E-state index contributed by atoms with van der Waals surface area (Å²) in [5, 5.41) is 0.462.